The second-order valence-electron chi connectivity index (χ2n) is 8.45. The number of H-pyrrole nitrogens is 1. The molecule has 0 saturated carbocycles. The van der Waals surface area contributed by atoms with Gasteiger partial charge in [-0.2, -0.15) is 4.98 Å². The predicted octanol–water partition coefficient (Wildman–Crippen LogP) is 0.851. The number of nitrogens with two attached hydrogens (primary N) is 2. The molecule has 0 saturated heterocycles. The molecule has 2 rings (SSSR count). The SMILES string of the molecule is CC(C)C(N)C(=O)OCC(CO)OCn1cnc2c(=O)[nH]c(N)nc21.CCCC(CCC)C(=O)O. The van der Waals surface area contributed by atoms with Gasteiger partial charge in [0.15, 0.2) is 11.2 Å². The summed E-state index contributed by atoms with van der Waals surface area (Å²) in [7, 11) is 0. The number of nitrogens with one attached hydrogen (secondary N) is 1. The summed E-state index contributed by atoms with van der Waals surface area (Å²) in [6.45, 7) is 7.06. The van der Waals surface area contributed by atoms with E-state index in [-0.39, 0.29) is 48.9 Å². The molecule has 2 heterocycles. The Bertz CT molecular complexity index is 984. The monoisotopic (exact) mass is 498 g/mol. The molecule has 0 radical (unpaired) electrons. The number of carbonyl (C=O) groups excluding carboxylic acids is 1. The molecule has 0 spiro atoms. The smallest absolute Gasteiger partial charge is 0.323 e. The highest BCUT2D eigenvalue weighted by atomic mass is 16.6. The van der Waals surface area contributed by atoms with E-state index < -0.39 is 29.6 Å². The largest absolute Gasteiger partial charge is 0.481 e. The highest BCUT2D eigenvalue weighted by Gasteiger charge is 2.21. The maximum absolute atomic E-state index is 11.7. The van der Waals surface area contributed by atoms with Gasteiger partial charge in [-0.05, 0) is 18.8 Å². The first-order valence-electron chi connectivity index (χ1n) is 11.6. The lowest BCUT2D eigenvalue weighted by molar-refractivity contribution is -0.153. The molecular formula is C22H38N6O7. The van der Waals surface area contributed by atoms with Crippen molar-refractivity contribution in [3.8, 4) is 0 Å². The van der Waals surface area contributed by atoms with Crippen molar-refractivity contribution in [1.82, 2.24) is 19.5 Å². The second kappa shape index (κ2) is 15.1. The Labute approximate surface area is 203 Å². The first-order valence-corrected chi connectivity index (χ1v) is 11.6. The van der Waals surface area contributed by atoms with Crippen LogP contribution in [0.1, 0.15) is 53.4 Å². The summed E-state index contributed by atoms with van der Waals surface area (Å²) in [4.78, 5) is 44.2. The van der Waals surface area contributed by atoms with Gasteiger partial charge in [0, 0.05) is 0 Å². The Morgan fingerprint density at radius 1 is 1.23 bits per heavy atom. The van der Waals surface area contributed by atoms with Crippen molar-refractivity contribution in [2.24, 2.45) is 17.6 Å². The van der Waals surface area contributed by atoms with Crippen LogP contribution in [-0.2, 0) is 25.8 Å². The lowest BCUT2D eigenvalue weighted by Gasteiger charge is -2.19. The number of carboxylic acid groups (broad SMARTS) is 1. The number of nitrogen functional groups attached to an aromatic ring is 1. The number of aliphatic hydroxyl groups excluding tert-OH is 1. The van der Waals surface area contributed by atoms with E-state index in [9.17, 15) is 19.5 Å². The number of carboxylic acids is 1. The first-order chi connectivity index (χ1) is 16.5. The van der Waals surface area contributed by atoms with Crippen molar-refractivity contribution in [3.05, 3.63) is 16.7 Å². The van der Waals surface area contributed by atoms with Crippen molar-refractivity contribution in [3.63, 3.8) is 0 Å². The molecule has 2 aromatic rings. The predicted molar refractivity (Wildman–Crippen MR) is 129 cm³/mol. The Morgan fingerprint density at radius 2 is 1.86 bits per heavy atom. The van der Waals surface area contributed by atoms with Crippen LogP contribution in [0.5, 0.6) is 0 Å². The van der Waals surface area contributed by atoms with Crippen molar-refractivity contribution >= 4 is 29.1 Å². The lowest BCUT2D eigenvalue weighted by atomic mass is 9.99. The number of aliphatic carboxylic acids is 1. The van der Waals surface area contributed by atoms with Gasteiger partial charge in [-0.3, -0.25) is 23.9 Å². The van der Waals surface area contributed by atoms with Crippen LogP contribution in [0.3, 0.4) is 0 Å². The van der Waals surface area contributed by atoms with Crippen molar-refractivity contribution in [2.45, 2.75) is 72.3 Å². The third kappa shape index (κ3) is 9.62. The number of esters is 1. The summed E-state index contributed by atoms with van der Waals surface area (Å²) >= 11 is 0. The van der Waals surface area contributed by atoms with E-state index in [1.54, 1.807) is 13.8 Å². The zero-order chi connectivity index (χ0) is 26.5. The van der Waals surface area contributed by atoms with E-state index in [1.165, 1.54) is 10.9 Å². The number of aromatic amines is 1. The van der Waals surface area contributed by atoms with Crippen LogP contribution in [0.2, 0.25) is 0 Å². The number of fused-ring (bicyclic) bond motifs is 1. The minimum atomic E-state index is -0.764. The molecule has 2 unspecified atom stereocenters. The van der Waals surface area contributed by atoms with Gasteiger partial charge in [-0.25, -0.2) is 4.98 Å². The van der Waals surface area contributed by atoms with Gasteiger partial charge in [-0.15, -0.1) is 0 Å². The Balaban J connectivity index is 0.000000518. The summed E-state index contributed by atoms with van der Waals surface area (Å²) in [6.07, 6.45) is 4.18. The van der Waals surface area contributed by atoms with Crippen LogP contribution in [0, 0.1) is 11.8 Å². The molecular weight excluding hydrogens is 460 g/mol. The van der Waals surface area contributed by atoms with E-state index in [4.69, 9.17) is 26.0 Å². The van der Waals surface area contributed by atoms with Crippen molar-refractivity contribution in [2.75, 3.05) is 18.9 Å². The van der Waals surface area contributed by atoms with Crippen molar-refractivity contribution < 1.29 is 29.3 Å². The maximum Gasteiger partial charge on any atom is 0.323 e. The number of imidazole rings is 1. The quantitative estimate of drug-likeness (QED) is 0.244. The zero-order valence-corrected chi connectivity index (χ0v) is 20.8. The van der Waals surface area contributed by atoms with Gasteiger partial charge in [-0.1, -0.05) is 40.5 Å². The van der Waals surface area contributed by atoms with E-state index in [1.807, 2.05) is 13.8 Å². The molecule has 198 valence electrons. The molecule has 35 heavy (non-hydrogen) atoms. The van der Waals surface area contributed by atoms with Gasteiger partial charge in [0.1, 0.15) is 25.5 Å². The minimum Gasteiger partial charge on any atom is -0.481 e. The second-order valence-corrected chi connectivity index (χ2v) is 8.45. The summed E-state index contributed by atoms with van der Waals surface area (Å²) in [5.41, 5.74) is 11.1. The molecule has 0 aliphatic carbocycles. The number of rotatable bonds is 13. The fraction of sp³-hybridized carbons (Fsp3) is 0.682. The summed E-state index contributed by atoms with van der Waals surface area (Å²) in [5, 5.41) is 18.0. The fourth-order valence-corrected chi connectivity index (χ4v) is 3.04. The number of aromatic nitrogens is 4. The number of hydrogen-bond acceptors (Lipinski definition) is 10. The number of nitrogens with zero attached hydrogens (tertiary/aromatic N) is 3. The highest BCUT2D eigenvalue weighted by molar-refractivity contribution is 5.75. The third-order valence-electron chi connectivity index (χ3n) is 5.17. The van der Waals surface area contributed by atoms with Crippen LogP contribution in [-0.4, -0.2) is 67.0 Å². The third-order valence-corrected chi connectivity index (χ3v) is 5.17. The molecule has 0 amide bonds. The number of anilines is 1. The minimum absolute atomic E-state index is 0.0467. The molecule has 2 aromatic heterocycles. The highest BCUT2D eigenvalue weighted by Crippen LogP contribution is 2.13. The Kier molecular flexibility index (Phi) is 12.9. The normalized spacial score (nSPS) is 12.9. The van der Waals surface area contributed by atoms with E-state index in [2.05, 4.69) is 15.0 Å². The van der Waals surface area contributed by atoms with E-state index >= 15 is 0 Å². The molecule has 13 nitrogen and oxygen atoms in total. The van der Waals surface area contributed by atoms with Crippen LogP contribution in [0.4, 0.5) is 5.95 Å². The van der Waals surface area contributed by atoms with Crippen LogP contribution in [0.25, 0.3) is 11.2 Å². The first kappa shape index (κ1) is 30.0. The van der Waals surface area contributed by atoms with Gasteiger partial charge in [0.05, 0.1) is 18.9 Å². The molecule has 0 aliphatic rings. The van der Waals surface area contributed by atoms with Crippen LogP contribution < -0.4 is 17.0 Å². The van der Waals surface area contributed by atoms with Crippen molar-refractivity contribution in [1.29, 1.82) is 0 Å². The molecule has 13 heteroatoms. The number of carbonyl (C=O) groups is 2. The number of hydrogen-bond donors (Lipinski definition) is 5. The topological polar surface area (TPSA) is 209 Å². The summed E-state index contributed by atoms with van der Waals surface area (Å²) < 4.78 is 12.0. The van der Waals surface area contributed by atoms with Gasteiger partial charge in [0.2, 0.25) is 5.95 Å². The fourth-order valence-electron chi connectivity index (χ4n) is 3.04. The number of aliphatic hydroxyl groups is 1. The zero-order valence-electron chi connectivity index (χ0n) is 20.8. The average Bonchev–Trinajstić information content (AvgIpc) is 3.21. The Hall–Kier alpha value is -3.03. The van der Waals surface area contributed by atoms with Gasteiger partial charge < -0.3 is 31.2 Å². The standard InChI is InChI=1S/C14H22N6O5.C8H16O2/c1-7(2)9(15)13(23)24-4-8(3-21)25-6-20-5-17-10-11(20)18-14(16)19-12(10)22;1-3-5-7(6-4-2)8(9)10/h5,7-9,21H,3-4,6,15H2,1-2H3,(H3,16,18,19,22);7H,3-6H2,1-2H3,(H,9,10). The van der Waals surface area contributed by atoms with Crippen LogP contribution >= 0.6 is 0 Å². The molecule has 0 aromatic carbocycles. The van der Waals surface area contributed by atoms with E-state index in [0.717, 1.165) is 25.7 Å². The molecule has 0 aliphatic heterocycles. The van der Waals surface area contributed by atoms with Gasteiger partial charge >= 0.3 is 11.9 Å². The molecule has 2 atom stereocenters. The molecule has 0 fully saturated rings. The summed E-state index contributed by atoms with van der Waals surface area (Å²) in [5.74, 6) is -1.41. The average molecular weight is 499 g/mol. The summed E-state index contributed by atoms with van der Waals surface area (Å²) in [6, 6.07) is -0.740. The maximum atomic E-state index is 11.7. The van der Waals surface area contributed by atoms with Crippen LogP contribution in [0.15, 0.2) is 11.1 Å². The molecule has 0 bridgehead atoms. The number of ether oxygens (including phenoxy) is 2. The van der Waals surface area contributed by atoms with Gasteiger partial charge in [0.25, 0.3) is 5.56 Å². The Morgan fingerprint density at radius 3 is 2.37 bits per heavy atom. The lowest BCUT2D eigenvalue weighted by Crippen LogP contribution is -2.39. The van der Waals surface area contributed by atoms with E-state index in [0.29, 0.717) is 0 Å². The molecule has 7 N–H and O–H groups in total.